The molecule has 0 saturated heterocycles. The summed E-state index contributed by atoms with van der Waals surface area (Å²) in [4.78, 5) is 21.9. The maximum absolute atomic E-state index is 11.8. The van der Waals surface area contributed by atoms with Crippen LogP contribution in [0.4, 0.5) is 5.82 Å². The number of pyridine rings is 2. The van der Waals surface area contributed by atoms with Gasteiger partial charge in [0.15, 0.2) is 0 Å². The molecule has 0 aromatic carbocycles. The first kappa shape index (κ1) is 13.0. The average molecular weight is 256 g/mol. The van der Waals surface area contributed by atoms with Crippen molar-refractivity contribution in [3.05, 3.63) is 54.0 Å². The smallest absolute Gasteiger partial charge is 0.253 e. The van der Waals surface area contributed by atoms with Crippen LogP contribution in [0.5, 0.6) is 0 Å². The van der Waals surface area contributed by atoms with Gasteiger partial charge in [0, 0.05) is 39.2 Å². The summed E-state index contributed by atoms with van der Waals surface area (Å²) in [5, 5.41) is 2.83. The molecule has 0 saturated carbocycles. The largest absolute Gasteiger partial charge is 0.363 e. The number of nitrogens with one attached hydrogen (secondary N) is 1. The summed E-state index contributed by atoms with van der Waals surface area (Å²) in [6, 6.07) is 7.34. The number of amides is 1. The van der Waals surface area contributed by atoms with Crippen molar-refractivity contribution in [1.29, 1.82) is 0 Å². The summed E-state index contributed by atoms with van der Waals surface area (Å²) in [6.07, 6.45) is 4.95. The molecule has 0 atom stereocenters. The highest BCUT2D eigenvalue weighted by atomic mass is 16.1. The fourth-order valence-electron chi connectivity index (χ4n) is 1.57. The second kappa shape index (κ2) is 5.95. The van der Waals surface area contributed by atoms with Gasteiger partial charge in [-0.3, -0.25) is 9.78 Å². The van der Waals surface area contributed by atoms with Crippen LogP contribution in [-0.4, -0.2) is 30.0 Å². The zero-order valence-electron chi connectivity index (χ0n) is 11.0. The Labute approximate surface area is 112 Å². The van der Waals surface area contributed by atoms with E-state index < -0.39 is 0 Å². The van der Waals surface area contributed by atoms with E-state index in [1.54, 1.807) is 30.7 Å². The summed E-state index contributed by atoms with van der Waals surface area (Å²) < 4.78 is 0. The Kier molecular flexibility index (Phi) is 4.07. The van der Waals surface area contributed by atoms with Crippen molar-refractivity contribution in [1.82, 2.24) is 15.3 Å². The normalized spacial score (nSPS) is 10.0. The van der Waals surface area contributed by atoms with Crippen LogP contribution in [-0.2, 0) is 6.54 Å². The molecule has 2 heterocycles. The van der Waals surface area contributed by atoms with Crippen LogP contribution < -0.4 is 10.2 Å². The monoisotopic (exact) mass is 256 g/mol. The SMILES string of the molecule is CN(C)c1ccc(CNC(=O)c2cccnc2)cn1. The fraction of sp³-hybridized carbons (Fsp3) is 0.214. The summed E-state index contributed by atoms with van der Waals surface area (Å²) in [7, 11) is 3.87. The zero-order chi connectivity index (χ0) is 13.7. The van der Waals surface area contributed by atoms with Gasteiger partial charge in [-0.05, 0) is 23.8 Å². The molecule has 0 spiro atoms. The average Bonchev–Trinajstić information content (AvgIpc) is 2.46. The first-order chi connectivity index (χ1) is 9.16. The van der Waals surface area contributed by atoms with Gasteiger partial charge in [0.2, 0.25) is 0 Å². The predicted octanol–water partition coefficient (Wildman–Crippen LogP) is 1.47. The van der Waals surface area contributed by atoms with E-state index in [0.717, 1.165) is 11.4 Å². The highest BCUT2D eigenvalue weighted by Gasteiger charge is 2.05. The number of hydrogen-bond donors (Lipinski definition) is 1. The van der Waals surface area contributed by atoms with Crippen LogP contribution in [0, 0.1) is 0 Å². The van der Waals surface area contributed by atoms with Gasteiger partial charge in [0.1, 0.15) is 5.82 Å². The Balaban J connectivity index is 1.94. The van der Waals surface area contributed by atoms with Gasteiger partial charge in [-0.15, -0.1) is 0 Å². The standard InChI is InChI=1S/C14H16N4O/c1-18(2)13-6-5-11(8-16-13)9-17-14(19)12-4-3-7-15-10-12/h3-8,10H,9H2,1-2H3,(H,17,19). The van der Waals surface area contributed by atoms with Gasteiger partial charge in [-0.25, -0.2) is 4.98 Å². The molecular formula is C14H16N4O. The van der Waals surface area contributed by atoms with Crippen LogP contribution >= 0.6 is 0 Å². The molecule has 98 valence electrons. The molecule has 19 heavy (non-hydrogen) atoms. The van der Waals surface area contributed by atoms with Crippen molar-refractivity contribution in [3.63, 3.8) is 0 Å². The van der Waals surface area contributed by atoms with Gasteiger partial charge >= 0.3 is 0 Å². The van der Waals surface area contributed by atoms with Crippen molar-refractivity contribution in [2.45, 2.75) is 6.54 Å². The predicted molar refractivity (Wildman–Crippen MR) is 74.0 cm³/mol. The number of nitrogens with zero attached hydrogens (tertiary/aromatic N) is 3. The van der Waals surface area contributed by atoms with Crippen LogP contribution in [0.25, 0.3) is 0 Å². The Morgan fingerprint density at radius 1 is 1.26 bits per heavy atom. The lowest BCUT2D eigenvalue weighted by Crippen LogP contribution is -2.23. The van der Waals surface area contributed by atoms with Crippen molar-refractivity contribution < 1.29 is 4.79 Å². The minimum atomic E-state index is -0.134. The highest BCUT2D eigenvalue weighted by Crippen LogP contribution is 2.07. The molecule has 1 N–H and O–H groups in total. The molecule has 0 aliphatic carbocycles. The van der Waals surface area contributed by atoms with Gasteiger partial charge in [0.25, 0.3) is 5.91 Å². The molecule has 0 aliphatic rings. The van der Waals surface area contributed by atoms with Crippen LogP contribution in [0.3, 0.4) is 0 Å². The fourth-order valence-corrected chi connectivity index (χ4v) is 1.57. The summed E-state index contributed by atoms with van der Waals surface area (Å²) in [5.41, 5.74) is 1.52. The van der Waals surface area contributed by atoms with Crippen LogP contribution in [0.1, 0.15) is 15.9 Å². The molecular weight excluding hydrogens is 240 g/mol. The van der Waals surface area contributed by atoms with Gasteiger partial charge < -0.3 is 10.2 Å². The van der Waals surface area contributed by atoms with Crippen LogP contribution in [0.15, 0.2) is 42.9 Å². The van der Waals surface area contributed by atoms with Gasteiger partial charge in [-0.1, -0.05) is 6.07 Å². The molecule has 0 radical (unpaired) electrons. The number of rotatable bonds is 4. The molecule has 0 unspecified atom stereocenters. The van der Waals surface area contributed by atoms with Crippen molar-refractivity contribution in [2.75, 3.05) is 19.0 Å². The topological polar surface area (TPSA) is 58.1 Å². The van der Waals surface area contributed by atoms with Gasteiger partial charge in [-0.2, -0.15) is 0 Å². The molecule has 2 aromatic rings. The Morgan fingerprint density at radius 3 is 2.68 bits per heavy atom. The zero-order valence-corrected chi connectivity index (χ0v) is 11.0. The third kappa shape index (κ3) is 3.51. The minimum absolute atomic E-state index is 0.134. The molecule has 2 aromatic heterocycles. The summed E-state index contributed by atoms with van der Waals surface area (Å²) in [5.74, 6) is 0.757. The van der Waals surface area contributed by atoms with E-state index in [-0.39, 0.29) is 5.91 Å². The Hall–Kier alpha value is -2.43. The van der Waals surface area contributed by atoms with E-state index in [4.69, 9.17) is 0 Å². The third-order valence-corrected chi connectivity index (χ3v) is 2.64. The minimum Gasteiger partial charge on any atom is -0.363 e. The van der Waals surface area contributed by atoms with E-state index in [9.17, 15) is 4.79 Å². The molecule has 0 bridgehead atoms. The summed E-state index contributed by atoms with van der Waals surface area (Å²) >= 11 is 0. The Bertz CT molecular complexity index is 537. The first-order valence-electron chi connectivity index (χ1n) is 5.97. The number of carbonyl (C=O) groups excluding carboxylic acids is 1. The lowest BCUT2D eigenvalue weighted by atomic mass is 10.2. The summed E-state index contributed by atoms with van der Waals surface area (Å²) in [6.45, 7) is 0.453. The lowest BCUT2D eigenvalue weighted by molar-refractivity contribution is 0.0950. The Morgan fingerprint density at radius 2 is 2.11 bits per heavy atom. The lowest BCUT2D eigenvalue weighted by Gasteiger charge is -2.11. The first-order valence-corrected chi connectivity index (χ1v) is 5.97. The van der Waals surface area contributed by atoms with E-state index in [0.29, 0.717) is 12.1 Å². The third-order valence-electron chi connectivity index (χ3n) is 2.64. The number of carbonyl (C=O) groups is 1. The molecule has 0 aliphatic heterocycles. The quantitative estimate of drug-likeness (QED) is 0.900. The van der Waals surface area contributed by atoms with E-state index in [1.165, 1.54) is 0 Å². The van der Waals surface area contributed by atoms with E-state index in [2.05, 4.69) is 15.3 Å². The molecule has 5 nitrogen and oxygen atoms in total. The van der Waals surface area contributed by atoms with E-state index in [1.807, 2.05) is 31.1 Å². The van der Waals surface area contributed by atoms with Crippen molar-refractivity contribution in [3.8, 4) is 0 Å². The number of aromatic nitrogens is 2. The second-order valence-electron chi connectivity index (χ2n) is 4.34. The molecule has 2 rings (SSSR count). The van der Waals surface area contributed by atoms with Crippen LogP contribution in [0.2, 0.25) is 0 Å². The number of anilines is 1. The number of hydrogen-bond acceptors (Lipinski definition) is 4. The maximum Gasteiger partial charge on any atom is 0.253 e. The molecule has 0 fully saturated rings. The van der Waals surface area contributed by atoms with E-state index >= 15 is 0 Å². The maximum atomic E-state index is 11.8. The van der Waals surface area contributed by atoms with Crippen molar-refractivity contribution >= 4 is 11.7 Å². The van der Waals surface area contributed by atoms with Gasteiger partial charge in [0.05, 0.1) is 5.56 Å². The molecule has 5 heteroatoms. The highest BCUT2D eigenvalue weighted by molar-refractivity contribution is 5.93. The van der Waals surface area contributed by atoms with Crippen molar-refractivity contribution in [2.24, 2.45) is 0 Å². The molecule has 1 amide bonds. The second-order valence-corrected chi connectivity index (χ2v) is 4.34.